The molecule has 0 aliphatic rings. The Morgan fingerprint density at radius 2 is 0.635 bits per heavy atom. The van der Waals surface area contributed by atoms with Crippen LogP contribution in [0.1, 0.15) is 239 Å². The molecule has 0 aliphatic carbocycles. The molecule has 0 radical (unpaired) electrons. The molecule has 0 amide bonds. The first-order valence-corrected chi connectivity index (χ1v) is 26.1. The Hall–Kier alpha value is -3.41. The Kier molecular flexibility index (Phi) is 48.5. The summed E-state index contributed by atoms with van der Waals surface area (Å²) in [6.07, 6.45) is 65.8. The van der Waals surface area contributed by atoms with Gasteiger partial charge in [0.05, 0.1) is 0 Å². The number of allylic oxidation sites excluding steroid dienone is 14. The molecular formula is C57H96O6. The Morgan fingerprint density at radius 1 is 0.333 bits per heavy atom. The highest BCUT2D eigenvalue weighted by Crippen LogP contribution is 2.15. The van der Waals surface area contributed by atoms with E-state index in [1.165, 1.54) is 96.3 Å². The van der Waals surface area contributed by atoms with Crippen molar-refractivity contribution in [3.63, 3.8) is 0 Å². The van der Waals surface area contributed by atoms with E-state index in [1.807, 2.05) is 0 Å². The number of unbranched alkanes of at least 4 members (excludes halogenated alkanes) is 21. The van der Waals surface area contributed by atoms with Gasteiger partial charge >= 0.3 is 17.9 Å². The van der Waals surface area contributed by atoms with Gasteiger partial charge in [-0.3, -0.25) is 14.4 Å². The average molecular weight is 877 g/mol. The first-order chi connectivity index (χ1) is 31.0. The molecule has 0 saturated heterocycles. The third kappa shape index (κ3) is 49.5. The van der Waals surface area contributed by atoms with Crippen LogP contribution in [0.15, 0.2) is 85.1 Å². The highest BCUT2D eigenvalue weighted by atomic mass is 16.6. The first kappa shape index (κ1) is 59.6. The van der Waals surface area contributed by atoms with Gasteiger partial charge < -0.3 is 14.2 Å². The molecule has 6 nitrogen and oxygen atoms in total. The van der Waals surface area contributed by atoms with Crippen molar-refractivity contribution < 1.29 is 28.6 Å². The molecule has 63 heavy (non-hydrogen) atoms. The molecule has 1 unspecified atom stereocenters. The van der Waals surface area contributed by atoms with Crippen LogP contribution in [-0.4, -0.2) is 37.2 Å². The summed E-state index contributed by atoms with van der Waals surface area (Å²) in [5, 5.41) is 0. The lowest BCUT2D eigenvalue weighted by Crippen LogP contribution is -2.30. The lowest BCUT2D eigenvalue weighted by molar-refractivity contribution is -0.167. The predicted molar refractivity (Wildman–Crippen MR) is 270 cm³/mol. The van der Waals surface area contributed by atoms with Crippen molar-refractivity contribution in [1.82, 2.24) is 0 Å². The maximum Gasteiger partial charge on any atom is 0.306 e. The van der Waals surface area contributed by atoms with Gasteiger partial charge in [-0.2, -0.15) is 0 Å². The van der Waals surface area contributed by atoms with Gasteiger partial charge in [-0.15, -0.1) is 0 Å². The van der Waals surface area contributed by atoms with E-state index in [9.17, 15) is 14.4 Å². The van der Waals surface area contributed by atoms with Crippen molar-refractivity contribution >= 4 is 17.9 Å². The van der Waals surface area contributed by atoms with Crippen LogP contribution in [0.25, 0.3) is 0 Å². The lowest BCUT2D eigenvalue weighted by Gasteiger charge is -2.18. The summed E-state index contributed by atoms with van der Waals surface area (Å²) in [4.78, 5) is 37.9. The van der Waals surface area contributed by atoms with Crippen molar-refractivity contribution in [2.45, 2.75) is 245 Å². The normalized spacial score (nSPS) is 12.7. The summed E-state index contributed by atoms with van der Waals surface area (Å²) in [7, 11) is 0. The zero-order valence-electron chi connectivity index (χ0n) is 41.1. The van der Waals surface area contributed by atoms with E-state index in [0.717, 1.165) is 96.3 Å². The van der Waals surface area contributed by atoms with Crippen molar-refractivity contribution in [3.05, 3.63) is 85.1 Å². The third-order valence-corrected chi connectivity index (χ3v) is 10.9. The van der Waals surface area contributed by atoms with Crippen LogP contribution in [0.5, 0.6) is 0 Å². The molecule has 0 bridgehead atoms. The monoisotopic (exact) mass is 877 g/mol. The Morgan fingerprint density at radius 3 is 1.03 bits per heavy atom. The minimum absolute atomic E-state index is 0.104. The minimum Gasteiger partial charge on any atom is -0.462 e. The molecule has 0 rings (SSSR count). The van der Waals surface area contributed by atoms with Gasteiger partial charge in [-0.25, -0.2) is 0 Å². The van der Waals surface area contributed by atoms with Crippen LogP contribution < -0.4 is 0 Å². The molecule has 0 saturated carbocycles. The van der Waals surface area contributed by atoms with Crippen LogP contribution in [0.2, 0.25) is 0 Å². The molecule has 0 N–H and O–H groups in total. The SMILES string of the molecule is CC/C=C\C/C=C\C/C=C\C/C=C\CCCCCC(=O)OC(COC(=O)CCC/C=C\C/C=C\C/C=C\CC)COC(=O)CCCCCCCCCCCCCCCCCCCC. The molecular weight excluding hydrogens is 781 g/mol. The second kappa shape index (κ2) is 51.2. The third-order valence-electron chi connectivity index (χ3n) is 10.9. The number of hydrogen-bond acceptors (Lipinski definition) is 6. The molecule has 0 aromatic rings. The van der Waals surface area contributed by atoms with E-state index in [4.69, 9.17) is 14.2 Å². The average Bonchev–Trinajstić information content (AvgIpc) is 3.28. The number of carbonyl (C=O) groups excluding carboxylic acids is 3. The molecule has 0 spiro atoms. The van der Waals surface area contributed by atoms with Crippen molar-refractivity contribution in [1.29, 1.82) is 0 Å². The molecule has 0 aromatic heterocycles. The van der Waals surface area contributed by atoms with Crippen molar-refractivity contribution in [2.75, 3.05) is 13.2 Å². The van der Waals surface area contributed by atoms with Crippen LogP contribution >= 0.6 is 0 Å². The molecule has 0 aromatic carbocycles. The fourth-order valence-electron chi connectivity index (χ4n) is 7.04. The first-order valence-electron chi connectivity index (χ1n) is 26.1. The highest BCUT2D eigenvalue weighted by Gasteiger charge is 2.19. The molecule has 0 heterocycles. The minimum atomic E-state index is -0.811. The van der Waals surface area contributed by atoms with Gasteiger partial charge in [0.1, 0.15) is 13.2 Å². The van der Waals surface area contributed by atoms with E-state index >= 15 is 0 Å². The fourth-order valence-corrected chi connectivity index (χ4v) is 7.04. The van der Waals surface area contributed by atoms with Crippen LogP contribution in [0, 0.1) is 0 Å². The van der Waals surface area contributed by atoms with E-state index < -0.39 is 6.10 Å². The fraction of sp³-hybridized carbons (Fsp3) is 0.702. The van der Waals surface area contributed by atoms with E-state index in [0.29, 0.717) is 12.8 Å². The van der Waals surface area contributed by atoms with Gasteiger partial charge in [0.2, 0.25) is 0 Å². The summed E-state index contributed by atoms with van der Waals surface area (Å²) < 4.78 is 16.7. The van der Waals surface area contributed by atoms with Crippen LogP contribution in [-0.2, 0) is 28.6 Å². The maximum absolute atomic E-state index is 12.8. The van der Waals surface area contributed by atoms with E-state index in [1.54, 1.807) is 0 Å². The Balaban J connectivity index is 4.42. The standard InChI is InChI=1S/C57H96O6/c1-4-7-10-13-16-19-22-24-26-28-29-31-32-35-38-41-44-47-50-56(59)62-53-54(52-61-55(58)49-46-43-40-37-34-21-18-15-12-9-6-3)63-57(60)51-48-45-42-39-36-33-30-27-25-23-20-17-14-11-8-5-2/h8-9,11-12,17-18,20-21,25,27,33,36-37,40,54H,4-7,10,13-16,19,22-24,26,28-32,34-35,38-39,41-53H2,1-3H3/b11-8-,12-9-,20-17-,21-18-,27-25-,36-33-,40-37-. The summed E-state index contributed by atoms with van der Waals surface area (Å²) in [5.74, 6) is -0.992. The number of rotatable bonds is 46. The van der Waals surface area contributed by atoms with Crippen LogP contribution in [0.3, 0.4) is 0 Å². The van der Waals surface area contributed by atoms with E-state index in [-0.39, 0.29) is 44.0 Å². The molecule has 360 valence electrons. The predicted octanol–water partition coefficient (Wildman–Crippen LogP) is 17.2. The highest BCUT2D eigenvalue weighted by molar-refractivity contribution is 5.71. The van der Waals surface area contributed by atoms with Gasteiger partial charge in [-0.05, 0) is 83.5 Å². The maximum atomic E-state index is 12.8. The molecule has 0 aliphatic heterocycles. The largest absolute Gasteiger partial charge is 0.462 e. The smallest absolute Gasteiger partial charge is 0.306 e. The zero-order valence-corrected chi connectivity index (χ0v) is 41.1. The second-order valence-corrected chi connectivity index (χ2v) is 17.0. The summed E-state index contributed by atoms with van der Waals surface area (Å²) in [6, 6.07) is 0. The van der Waals surface area contributed by atoms with Crippen LogP contribution in [0.4, 0.5) is 0 Å². The number of ether oxygens (including phenoxy) is 3. The Labute approximate surface area is 388 Å². The second-order valence-electron chi connectivity index (χ2n) is 17.0. The summed E-state index contributed by atoms with van der Waals surface area (Å²) in [5.41, 5.74) is 0. The van der Waals surface area contributed by atoms with Crippen molar-refractivity contribution in [3.8, 4) is 0 Å². The zero-order chi connectivity index (χ0) is 45.8. The number of carbonyl (C=O) groups is 3. The van der Waals surface area contributed by atoms with Gasteiger partial charge in [0.15, 0.2) is 6.10 Å². The topological polar surface area (TPSA) is 78.9 Å². The van der Waals surface area contributed by atoms with Gasteiger partial charge in [0.25, 0.3) is 0 Å². The van der Waals surface area contributed by atoms with Crippen molar-refractivity contribution in [2.24, 2.45) is 0 Å². The molecule has 1 atom stereocenters. The van der Waals surface area contributed by atoms with Gasteiger partial charge in [0, 0.05) is 19.3 Å². The summed E-state index contributed by atoms with van der Waals surface area (Å²) in [6.45, 7) is 6.34. The lowest BCUT2D eigenvalue weighted by atomic mass is 10.0. The number of esters is 3. The molecule has 0 fully saturated rings. The Bertz CT molecular complexity index is 1240. The van der Waals surface area contributed by atoms with Gasteiger partial charge in [-0.1, -0.05) is 221 Å². The summed E-state index contributed by atoms with van der Waals surface area (Å²) >= 11 is 0. The number of hydrogen-bond donors (Lipinski definition) is 0. The quantitative estimate of drug-likeness (QED) is 0.0262. The molecule has 6 heteroatoms. The van der Waals surface area contributed by atoms with E-state index in [2.05, 4.69) is 106 Å².